The third-order valence-corrected chi connectivity index (χ3v) is 3.71. The Bertz CT molecular complexity index is 320. The molecule has 0 fully saturated rings. The molecule has 0 aliphatic rings. The molecule has 1 unspecified atom stereocenters. The lowest BCUT2D eigenvalue weighted by Crippen LogP contribution is -2.27. The quantitative estimate of drug-likeness (QED) is 0.746. The Morgan fingerprint density at radius 3 is 2.53 bits per heavy atom. The molecule has 0 saturated heterocycles. The molecule has 1 aromatic rings. The number of hydrogen-bond donors (Lipinski definition) is 0. The molecule has 0 bridgehead atoms. The van der Waals surface area contributed by atoms with Gasteiger partial charge in [-0.05, 0) is 37.3 Å². The molecule has 0 heterocycles. The Hall–Kier alpha value is -0.123. The fraction of sp³-hybridized carbons (Fsp3) is 0.500. The van der Waals surface area contributed by atoms with Crippen LogP contribution in [0, 0.1) is 0 Å². The van der Waals surface area contributed by atoms with Crippen molar-refractivity contribution in [2.75, 3.05) is 6.61 Å². The van der Waals surface area contributed by atoms with Gasteiger partial charge in [-0.1, -0.05) is 35.0 Å². The van der Waals surface area contributed by atoms with Crippen LogP contribution in [0.25, 0.3) is 0 Å². The molecule has 0 amide bonds. The first-order valence-corrected chi connectivity index (χ1v) is 9.48. The van der Waals surface area contributed by atoms with Gasteiger partial charge in [-0.15, -0.1) is 0 Å². The van der Waals surface area contributed by atoms with E-state index in [1.165, 1.54) is 5.56 Å². The van der Waals surface area contributed by atoms with Gasteiger partial charge in [0, 0.05) is 17.0 Å². The summed E-state index contributed by atoms with van der Waals surface area (Å²) in [5.41, 5.74) is 1.34. The largest absolute Gasteiger partial charge is 0.417 e. The van der Waals surface area contributed by atoms with Crippen molar-refractivity contribution in [3.05, 3.63) is 34.3 Å². The molecule has 0 spiro atoms. The second-order valence-electron chi connectivity index (χ2n) is 4.88. The zero-order valence-electron chi connectivity index (χ0n) is 9.88. The Morgan fingerprint density at radius 1 is 1.33 bits per heavy atom. The highest BCUT2D eigenvalue weighted by atomic mass is 79.9. The highest BCUT2D eigenvalue weighted by Crippen LogP contribution is 2.21. The van der Waals surface area contributed by atoms with Gasteiger partial charge in [-0.2, -0.15) is 0 Å². The molecule has 15 heavy (non-hydrogen) atoms. The fourth-order valence-electron chi connectivity index (χ4n) is 1.28. The first kappa shape index (κ1) is 12.9. The standard InChI is InChI=1S/C12H19BrOSi/c1-10(9-14-15(2,3)4)11-6-5-7-12(13)8-11/h5-8,10H,9H2,1-4H3. The summed E-state index contributed by atoms with van der Waals surface area (Å²) in [5.74, 6) is 0.467. The van der Waals surface area contributed by atoms with Crippen molar-refractivity contribution in [3.8, 4) is 0 Å². The van der Waals surface area contributed by atoms with Crippen molar-refractivity contribution in [3.63, 3.8) is 0 Å². The van der Waals surface area contributed by atoms with E-state index in [1.807, 2.05) is 0 Å². The van der Waals surface area contributed by atoms with Crippen LogP contribution in [0.4, 0.5) is 0 Å². The number of rotatable bonds is 4. The van der Waals surface area contributed by atoms with Crippen molar-refractivity contribution in [2.24, 2.45) is 0 Å². The van der Waals surface area contributed by atoms with Crippen molar-refractivity contribution >= 4 is 24.2 Å². The van der Waals surface area contributed by atoms with E-state index in [9.17, 15) is 0 Å². The first-order valence-electron chi connectivity index (χ1n) is 5.28. The van der Waals surface area contributed by atoms with Crippen LogP contribution in [0.2, 0.25) is 19.6 Å². The minimum Gasteiger partial charge on any atom is -0.417 e. The van der Waals surface area contributed by atoms with E-state index in [0.29, 0.717) is 5.92 Å². The Kier molecular flexibility index (Phi) is 4.56. The molecule has 1 atom stereocenters. The van der Waals surface area contributed by atoms with Crippen molar-refractivity contribution in [2.45, 2.75) is 32.5 Å². The highest BCUT2D eigenvalue weighted by molar-refractivity contribution is 9.10. The monoisotopic (exact) mass is 286 g/mol. The molecule has 0 aliphatic heterocycles. The third-order valence-electron chi connectivity index (χ3n) is 2.18. The zero-order valence-corrected chi connectivity index (χ0v) is 12.5. The Labute approximate surface area is 102 Å². The van der Waals surface area contributed by atoms with E-state index in [1.54, 1.807) is 0 Å². The number of benzene rings is 1. The maximum Gasteiger partial charge on any atom is 0.183 e. The molecule has 0 saturated carbocycles. The van der Waals surface area contributed by atoms with Crippen LogP contribution in [0.3, 0.4) is 0 Å². The molecule has 0 aromatic heterocycles. The van der Waals surface area contributed by atoms with E-state index in [4.69, 9.17) is 4.43 Å². The summed E-state index contributed by atoms with van der Waals surface area (Å²) in [7, 11) is -1.38. The lowest BCUT2D eigenvalue weighted by Gasteiger charge is -2.21. The molecular formula is C12H19BrOSi. The molecule has 1 aromatic carbocycles. The smallest absolute Gasteiger partial charge is 0.183 e. The molecule has 1 rings (SSSR count). The summed E-state index contributed by atoms with van der Waals surface area (Å²) >= 11 is 3.49. The van der Waals surface area contributed by atoms with Crippen molar-refractivity contribution in [1.29, 1.82) is 0 Å². The van der Waals surface area contributed by atoms with Crippen molar-refractivity contribution in [1.82, 2.24) is 0 Å². The topological polar surface area (TPSA) is 9.23 Å². The van der Waals surface area contributed by atoms with Gasteiger partial charge in [0.25, 0.3) is 0 Å². The van der Waals surface area contributed by atoms with Gasteiger partial charge in [0.1, 0.15) is 0 Å². The van der Waals surface area contributed by atoms with E-state index >= 15 is 0 Å². The van der Waals surface area contributed by atoms with E-state index in [2.05, 4.69) is 66.8 Å². The molecule has 3 heteroatoms. The van der Waals surface area contributed by atoms with Gasteiger partial charge in [-0.25, -0.2) is 0 Å². The van der Waals surface area contributed by atoms with Gasteiger partial charge in [0.2, 0.25) is 0 Å². The second kappa shape index (κ2) is 5.28. The molecule has 84 valence electrons. The lowest BCUT2D eigenvalue weighted by molar-refractivity contribution is 0.289. The van der Waals surface area contributed by atoms with Gasteiger partial charge >= 0.3 is 0 Å². The van der Waals surface area contributed by atoms with E-state index in [-0.39, 0.29) is 0 Å². The zero-order chi connectivity index (χ0) is 11.5. The van der Waals surface area contributed by atoms with Crippen LogP contribution >= 0.6 is 15.9 Å². The van der Waals surface area contributed by atoms with Gasteiger partial charge in [0.15, 0.2) is 8.32 Å². The SMILES string of the molecule is CC(CO[Si](C)(C)C)c1cccc(Br)c1. The number of halogens is 1. The summed E-state index contributed by atoms with van der Waals surface area (Å²) in [5, 5.41) is 0. The van der Waals surface area contributed by atoms with Crippen LogP contribution in [0.1, 0.15) is 18.4 Å². The molecule has 0 radical (unpaired) electrons. The molecule has 0 N–H and O–H groups in total. The van der Waals surface area contributed by atoms with Crippen LogP contribution < -0.4 is 0 Å². The summed E-state index contributed by atoms with van der Waals surface area (Å²) in [4.78, 5) is 0. The maximum absolute atomic E-state index is 5.91. The van der Waals surface area contributed by atoms with E-state index < -0.39 is 8.32 Å². The Balaban J connectivity index is 2.58. The van der Waals surface area contributed by atoms with Crippen LogP contribution in [-0.2, 0) is 4.43 Å². The minimum absolute atomic E-state index is 0.467. The van der Waals surface area contributed by atoms with Crippen molar-refractivity contribution < 1.29 is 4.43 Å². The van der Waals surface area contributed by atoms with Gasteiger partial charge < -0.3 is 4.43 Å². The van der Waals surface area contributed by atoms with Gasteiger partial charge in [-0.3, -0.25) is 0 Å². The molecule has 0 aliphatic carbocycles. The van der Waals surface area contributed by atoms with Crippen LogP contribution in [-0.4, -0.2) is 14.9 Å². The minimum atomic E-state index is -1.38. The summed E-state index contributed by atoms with van der Waals surface area (Å²) in [6.45, 7) is 9.70. The second-order valence-corrected chi connectivity index (χ2v) is 10.3. The maximum atomic E-state index is 5.91. The average Bonchev–Trinajstić information content (AvgIpc) is 2.13. The number of hydrogen-bond acceptors (Lipinski definition) is 1. The first-order chi connectivity index (χ1) is 6.88. The summed E-state index contributed by atoms with van der Waals surface area (Å²) in [6, 6.07) is 8.45. The fourth-order valence-corrected chi connectivity index (χ4v) is 2.45. The summed E-state index contributed by atoms with van der Waals surface area (Å²) < 4.78 is 7.05. The molecule has 1 nitrogen and oxygen atoms in total. The highest BCUT2D eigenvalue weighted by Gasteiger charge is 2.16. The van der Waals surface area contributed by atoms with Gasteiger partial charge in [0.05, 0.1) is 0 Å². The predicted octanol–water partition coefficient (Wildman–Crippen LogP) is 4.40. The Morgan fingerprint density at radius 2 is 2.00 bits per heavy atom. The molecular weight excluding hydrogens is 268 g/mol. The lowest BCUT2D eigenvalue weighted by atomic mass is 10.0. The predicted molar refractivity (Wildman–Crippen MR) is 71.9 cm³/mol. The third kappa shape index (κ3) is 4.95. The normalized spacial score (nSPS) is 13.9. The summed E-state index contributed by atoms with van der Waals surface area (Å²) in [6.07, 6.45) is 0. The van der Waals surface area contributed by atoms with Crippen LogP contribution in [0.15, 0.2) is 28.7 Å². The van der Waals surface area contributed by atoms with E-state index in [0.717, 1.165) is 11.1 Å². The average molecular weight is 287 g/mol. The van der Waals surface area contributed by atoms with Crippen LogP contribution in [0.5, 0.6) is 0 Å².